The summed E-state index contributed by atoms with van der Waals surface area (Å²) in [6.45, 7) is 0. The Kier molecular flexibility index (Phi) is 10.2. The molecule has 0 amide bonds. The number of hydrogen-bond donors (Lipinski definition) is 0. The Morgan fingerprint density at radius 3 is 1.22 bits per heavy atom. The van der Waals surface area contributed by atoms with Crippen LogP contribution < -0.4 is 9.80 Å². The molecule has 0 aliphatic rings. The topological polar surface area (TPSA) is 11.4 Å². The Labute approximate surface area is 391 Å². The highest BCUT2D eigenvalue weighted by molar-refractivity contribution is 6.11. The highest BCUT2D eigenvalue weighted by atomic mass is 15.2. The second-order valence-electron chi connectivity index (χ2n) is 17.0. The van der Waals surface area contributed by atoms with Gasteiger partial charge in [0, 0.05) is 50.6 Å². The zero-order valence-corrected chi connectivity index (χ0v) is 36.8. The molecule has 11 aromatic carbocycles. The van der Waals surface area contributed by atoms with Crippen LogP contribution in [0.1, 0.15) is 0 Å². The molecule has 67 heavy (non-hydrogen) atoms. The Morgan fingerprint density at radius 1 is 0.224 bits per heavy atom. The Hall–Kier alpha value is -8.92. The lowest BCUT2D eigenvalue weighted by atomic mass is 9.99. The van der Waals surface area contributed by atoms with Gasteiger partial charge in [0.2, 0.25) is 0 Å². The van der Waals surface area contributed by atoms with Gasteiger partial charge in [0.25, 0.3) is 0 Å². The highest BCUT2D eigenvalue weighted by Gasteiger charge is 2.21. The number of aromatic nitrogens is 1. The summed E-state index contributed by atoms with van der Waals surface area (Å²) >= 11 is 0. The van der Waals surface area contributed by atoms with E-state index < -0.39 is 0 Å². The minimum atomic E-state index is 1.05. The van der Waals surface area contributed by atoms with Crippen LogP contribution in [0.2, 0.25) is 0 Å². The first kappa shape index (κ1) is 39.7. The molecule has 3 heteroatoms. The molecular formula is C64H45N3. The number of fused-ring (bicyclic) bond motifs is 4. The summed E-state index contributed by atoms with van der Waals surface area (Å²) in [7, 11) is 0. The fourth-order valence-corrected chi connectivity index (χ4v) is 9.68. The van der Waals surface area contributed by atoms with Crippen LogP contribution in [0, 0.1) is 0 Å². The molecule has 0 fully saturated rings. The molecule has 0 spiro atoms. The third-order valence-corrected chi connectivity index (χ3v) is 12.9. The number of anilines is 6. The maximum absolute atomic E-state index is 2.41. The Balaban J connectivity index is 1.07. The van der Waals surface area contributed by atoms with Crippen LogP contribution in [0.5, 0.6) is 0 Å². The molecule has 0 radical (unpaired) electrons. The van der Waals surface area contributed by atoms with Crippen molar-refractivity contribution >= 4 is 66.7 Å². The maximum atomic E-state index is 2.41. The van der Waals surface area contributed by atoms with Gasteiger partial charge in [-0.05, 0) is 141 Å². The van der Waals surface area contributed by atoms with Crippen LogP contribution >= 0.6 is 0 Å². The normalized spacial score (nSPS) is 11.3. The molecule has 1 aromatic heterocycles. The lowest BCUT2D eigenvalue weighted by Crippen LogP contribution is -2.13. The number of rotatable bonds is 10. The van der Waals surface area contributed by atoms with Gasteiger partial charge in [-0.3, -0.25) is 0 Å². The van der Waals surface area contributed by atoms with Crippen LogP contribution in [-0.4, -0.2) is 4.57 Å². The van der Waals surface area contributed by atoms with E-state index >= 15 is 0 Å². The summed E-state index contributed by atoms with van der Waals surface area (Å²) in [5.74, 6) is 0. The average Bonchev–Trinajstić information content (AvgIpc) is 3.74. The molecule has 12 aromatic rings. The summed E-state index contributed by atoms with van der Waals surface area (Å²) in [5.41, 5.74) is 16.9. The largest absolute Gasteiger partial charge is 0.310 e. The van der Waals surface area contributed by atoms with Gasteiger partial charge in [-0.25, -0.2) is 0 Å². The first-order valence-corrected chi connectivity index (χ1v) is 22.9. The second-order valence-corrected chi connectivity index (χ2v) is 17.0. The van der Waals surface area contributed by atoms with E-state index in [2.05, 4.69) is 287 Å². The van der Waals surface area contributed by atoms with Crippen molar-refractivity contribution in [1.82, 2.24) is 4.57 Å². The van der Waals surface area contributed by atoms with Crippen molar-refractivity contribution in [2.75, 3.05) is 9.80 Å². The molecule has 0 atom stereocenters. The second kappa shape index (κ2) is 17.2. The van der Waals surface area contributed by atoms with Gasteiger partial charge >= 0.3 is 0 Å². The molecule has 12 rings (SSSR count). The minimum Gasteiger partial charge on any atom is -0.310 e. The van der Waals surface area contributed by atoms with Crippen LogP contribution in [0.25, 0.3) is 71.6 Å². The van der Waals surface area contributed by atoms with Crippen molar-refractivity contribution in [2.45, 2.75) is 0 Å². The lowest BCUT2D eigenvalue weighted by Gasteiger charge is -2.30. The van der Waals surface area contributed by atoms with E-state index in [1.54, 1.807) is 0 Å². The van der Waals surface area contributed by atoms with Crippen molar-refractivity contribution in [3.8, 4) is 39.1 Å². The molecule has 0 unspecified atom stereocenters. The van der Waals surface area contributed by atoms with Gasteiger partial charge in [-0.2, -0.15) is 0 Å². The predicted molar refractivity (Wildman–Crippen MR) is 284 cm³/mol. The third-order valence-electron chi connectivity index (χ3n) is 12.9. The first-order chi connectivity index (χ1) is 33.2. The Morgan fingerprint density at radius 2 is 0.657 bits per heavy atom. The molecule has 3 nitrogen and oxygen atoms in total. The van der Waals surface area contributed by atoms with Crippen LogP contribution in [0.3, 0.4) is 0 Å². The molecule has 0 saturated carbocycles. The van der Waals surface area contributed by atoms with Crippen molar-refractivity contribution in [3.63, 3.8) is 0 Å². The number of benzene rings is 11. The molecule has 0 N–H and O–H groups in total. The molecular weight excluding hydrogens is 811 g/mol. The molecule has 0 bridgehead atoms. The summed E-state index contributed by atoms with van der Waals surface area (Å²) in [5, 5.41) is 4.89. The van der Waals surface area contributed by atoms with Gasteiger partial charge in [-0.15, -0.1) is 0 Å². The maximum Gasteiger partial charge on any atom is 0.0541 e. The van der Waals surface area contributed by atoms with Crippen LogP contribution in [0.15, 0.2) is 273 Å². The summed E-state index contributed by atoms with van der Waals surface area (Å²) in [4.78, 5) is 4.77. The quantitative estimate of drug-likeness (QED) is 0.136. The van der Waals surface area contributed by atoms with Crippen molar-refractivity contribution in [1.29, 1.82) is 0 Å². The smallest absolute Gasteiger partial charge is 0.0541 e. The number of para-hydroxylation sites is 3. The van der Waals surface area contributed by atoms with Crippen molar-refractivity contribution < 1.29 is 0 Å². The van der Waals surface area contributed by atoms with Gasteiger partial charge in [-0.1, -0.05) is 176 Å². The molecule has 0 aliphatic carbocycles. The van der Waals surface area contributed by atoms with Gasteiger partial charge < -0.3 is 14.4 Å². The number of nitrogens with zero attached hydrogens (tertiary/aromatic N) is 3. The standard InChI is InChI=1S/C64H45N3/c1-5-17-46(18-6-1)49-29-35-56(36-30-49)65(54-23-9-3-10-24-54)59-42-53(43-60(45-59)66(55-25-11-4-12-26-55)57-37-31-50(32-38-57)47-19-7-2-8-20-47)52-34-40-64-62(44-52)61-27-15-16-28-63(61)67(64)58-39-33-48-21-13-14-22-51(48)41-58/h1-45H. The van der Waals surface area contributed by atoms with Crippen molar-refractivity contribution in [3.05, 3.63) is 273 Å². The lowest BCUT2D eigenvalue weighted by molar-refractivity contribution is 1.19. The van der Waals surface area contributed by atoms with E-state index in [9.17, 15) is 0 Å². The molecule has 1 heterocycles. The van der Waals surface area contributed by atoms with Crippen LogP contribution in [-0.2, 0) is 0 Å². The van der Waals surface area contributed by atoms with Crippen molar-refractivity contribution in [2.24, 2.45) is 0 Å². The molecule has 0 aliphatic heterocycles. The van der Waals surface area contributed by atoms with E-state index in [0.29, 0.717) is 0 Å². The van der Waals surface area contributed by atoms with Gasteiger partial charge in [0.1, 0.15) is 0 Å². The minimum absolute atomic E-state index is 1.05. The van der Waals surface area contributed by atoms with Crippen LogP contribution in [0.4, 0.5) is 34.1 Å². The van der Waals surface area contributed by atoms with E-state index in [-0.39, 0.29) is 0 Å². The molecule has 316 valence electrons. The van der Waals surface area contributed by atoms with E-state index in [0.717, 1.165) is 50.9 Å². The zero-order chi connectivity index (χ0) is 44.5. The zero-order valence-electron chi connectivity index (χ0n) is 36.8. The monoisotopic (exact) mass is 855 g/mol. The SMILES string of the molecule is c1ccc(-c2ccc(N(c3ccccc3)c3cc(-c4ccc5c(c4)c4ccccc4n5-c4ccc5ccccc5c4)cc(N(c4ccccc4)c4ccc(-c5ccccc5)cc4)c3)cc2)cc1. The predicted octanol–water partition coefficient (Wildman–Crippen LogP) is 17.9. The summed E-state index contributed by atoms with van der Waals surface area (Å²) in [6, 6.07) is 98.7. The first-order valence-electron chi connectivity index (χ1n) is 22.9. The third kappa shape index (κ3) is 7.59. The number of hydrogen-bond acceptors (Lipinski definition) is 2. The Bertz CT molecular complexity index is 3510. The average molecular weight is 856 g/mol. The summed E-state index contributed by atoms with van der Waals surface area (Å²) in [6.07, 6.45) is 0. The van der Waals surface area contributed by atoms with E-state index in [1.165, 1.54) is 54.8 Å². The van der Waals surface area contributed by atoms with Gasteiger partial charge in [0.05, 0.1) is 11.0 Å². The highest BCUT2D eigenvalue weighted by Crippen LogP contribution is 2.45. The van der Waals surface area contributed by atoms with E-state index in [1.807, 2.05) is 0 Å². The van der Waals surface area contributed by atoms with Gasteiger partial charge in [0.15, 0.2) is 0 Å². The fourth-order valence-electron chi connectivity index (χ4n) is 9.68. The summed E-state index contributed by atoms with van der Waals surface area (Å²) < 4.78 is 2.41. The van der Waals surface area contributed by atoms with E-state index in [4.69, 9.17) is 0 Å². The fraction of sp³-hybridized carbons (Fsp3) is 0. The molecule has 0 saturated heterocycles.